The molecule has 10 nitrogen and oxygen atoms in total. The summed E-state index contributed by atoms with van der Waals surface area (Å²) in [5.74, 6) is -0.207. The molecular weight excluding hydrogens is 514 g/mol. The summed E-state index contributed by atoms with van der Waals surface area (Å²) in [6.07, 6.45) is 9.18. The van der Waals surface area contributed by atoms with Gasteiger partial charge in [-0.05, 0) is 44.2 Å². The van der Waals surface area contributed by atoms with Crippen LogP contribution in [0.15, 0.2) is 49.3 Å². The van der Waals surface area contributed by atoms with Crippen molar-refractivity contribution in [3.8, 4) is 11.3 Å². The zero-order valence-electron chi connectivity index (χ0n) is 20.3. The Hall–Kier alpha value is -2.99. The monoisotopic (exact) mass is 543 g/mol. The van der Waals surface area contributed by atoms with Crippen molar-refractivity contribution >= 4 is 44.6 Å². The molecule has 196 valence electrons. The summed E-state index contributed by atoms with van der Waals surface area (Å²) >= 11 is 6.49. The van der Waals surface area contributed by atoms with E-state index < -0.39 is 16.1 Å². The summed E-state index contributed by atoms with van der Waals surface area (Å²) < 4.78 is 28.8. The Morgan fingerprint density at radius 3 is 2.89 bits per heavy atom. The van der Waals surface area contributed by atoms with E-state index >= 15 is 0 Å². The predicted octanol–water partition coefficient (Wildman–Crippen LogP) is 3.21. The van der Waals surface area contributed by atoms with Crippen LogP contribution >= 0.6 is 11.6 Å². The first-order valence-electron chi connectivity index (χ1n) is 12.4. The molecule has 3 aromatic rings. The summed E-state index contributed by atoms with van der Waals surface area (Å²) in [4.78, 5) is 26.2. The fourth-order valence-electron chi connectivity index (χ4n) is 5.34. The van der Waals surface area contributed by atoms with E-state index in [-0.39, 0.29) is 12.1 Å². The van der Waals surface area contributed by atoms with Crippen LogP contribution in [0.25, 0.3) is 22.2 Å². The third-order valence-corrected chi connectivity index (χ3v) is 8.44. The molecule has 1 aliphatic heterocycles. The Labute approximate surface area is 221 Å². The highest BCUT2D eigenvalue weighted by Crippen LogP contribution is 2.33. The molecule has 2 aromatic heterocycles. The number of amides is 1. The zero-order valence-corrected chi connectivity index (χ0v) is 21.9. The SMILES string of the molecule is C=CC(=O)NS(=O)(=O)NC1CCN([C@H]2CCC[C@@H](Nc3ncc(Cl)c(-c4c[nH]c5ccccc45)n3)C2)C1. The summed E-state index contributed by atoms with van der Waals surface area (Å²) in [5, 5.41) is 5.05. The second-order valence-corrected chi connectivity index (χ2v) is 11.4. The van der Waals surface area contributed by atoms with Crippen molar-refractivity contribution in [1.82, 2.24) is 29.3 Å². The molecule has 4 N–H and O–H groups in total. The first-order valence-corrected chi connectivity index (χ1v) is 14.2. The molecule has 37 heavy (non-hydrogen) atoms. The van der Waals surface area contributed by atoms with Gasteiger partial charge in [0.2, 0.25) is 5.95 Å². The Bertz CT molecular complexity index is 1410. The van der Waals surface area contributed by atoms with Gasteiger partial charge < -0.3 is 10.3 Å². The van der Waals surface area contributed by atoms with Gasteiger partial charge in [-0.1, -0.05) is 36.4 Å². The van der Waals surface area contributed by atoms with Crippen LogP contribution in [0.1, 0.15) is 32.1 Å². The molecule has 3 heterocycles. The normalized spacial score (nSPS) is 22.7. The quantitative estimate of drug-likeness (QED) is 0.321. The van der Waals surface area contributed by atoms with Crippen LogP contribution in [-0.4, -0.2) is 65.4 Å². The first-order chi connectivity index (χ1) is 17.8. The van der Waals surface area contributed by atoms with Crippen LogP contribution < -0.4 is 14.8 Å². The lowest BCUT2D eigenvalue weighted by Gasteiger charge is -2.35. The van der Waals surface area contributed by atoms with Gasteiger partial charge in [0.05, 0.1) is 16.9 Å². The number of carbonyl (C=O) groups excluding carboxylic acids is 1. The summed E-state index contributed by atoms with van der Waals surface area (Å²) in [6.45, 7) is 4.68. The maximum Gasteiger partial charge on any atom is 0.301 e. The van der Waals surface area contributed by atoms with Gasteiger partial charge in [-0.2, -0.15) is 13.1 Å². The molecule has 0 spiro atoms. The third kappa shape index (κ3) is 5.96. The molecule has 1 aliphatic carbocycles. The summed E-state index contributed by atoms with van der Waals surface area (Å²) in [6, 6.07) is 8.29. The smallest absolute Gasteiger partial charge is 0.301 e. The highest BCUT2D eigenvalue weighted by molar-refractivity contribution is 7.88. The number of carbonyl (C=O) groups is 1. The van der Waals surface area contributed by atoms with E-state index in [1.165, 1.54) is 0 Å². The molecule has 2 fully saturated rings. The molecule has 1 aromatic carbocycles. The first kappa shape index (κ1) is 25.7. The largest absolute Gasteiger partial charge is 0.360 e. The van der Waals surface area contributed by atoms with Gasteiger partial charge in [-0.15, -0.1) is 0 Å². The number of rotatable bonds is 8. The van der Waals surface area contributed by atoms with Crippen molar-refractivity contribution in [3.63, 3.8) is 0 Å². The van der Waals surface area contributed by atoms with Gasteiger partial charge in [-0.3, -0.25) is 9.69 Å². The number of halogens is 1. The minimum Gasteiger partial charge on any atom is -0.360 e. The number of para-hydroxylation sites is 1. The molecule has 0 radical (unpaired) electrons. The van der Waals surface area contributed by atoms with Crippen molar-refractivity contribution in [2.45, 2.75) is 50.2 Å². The molecule has 2 aliphatic rings. The van der Waals surface area contributed by atoms with E-state index in [0.29, 0.717) is 35.7 Å². The number of likely N-dealkylation sites (tertiary alicyclic amines) is 1. The van der Waals surface area contributed by atoms with Crippen molar-refractivity contribution in [2.24, 2.45) is 0 Å². The number of aromatic amines is 1. The van der Waals surface area contributed by atoms with Crippen LogP contribution in [0.2, 0.25) is 5.02 Å². The van der Waals surface area contributed by atoms with E-state index in [2.05, 4.69) is 31.5 Å². The average molecular weight is 544 g/mol. The van der Waals surface area contributed by atoms with Crippen molar-refractivity contribution < 1.29 is 13.2 Å². The van der Waals surface area contributed by atoms with Crippen LogP contribution in [-0.2, 0) is 15.0 Å². The van der Waals surface area contributed by atoms with Gasteiger partial charge in [0, 0.05) is 53.9 Å². The lowest BCUT2D eigenvalue weighted by atomic mass is 9.90. The summed E-state index contributed by atoms with van der Waals surface area (Å²) in [5.41, 5.74) is 2.63. The number of hydrogen-bond donors (Lipinski definition) is 4. The number of nitrogens with one attached hydrogen (secondary N) is 4. The van der Waals surface area contributed by atoms with Gasteiger partial charge in [0.25, 0.3) is 5.91 Å². The Morgan fingerprint density at radius 2 is 2.05 bits per heavy atom. The lowest BCUT2D eigenvalue weighted by molar-refractivity contribution is -0.114. The minimum absolute atomic E-state index is 0.193. The molecule has 1 amide bonds. The van der Waals surface area contributed by atoms with Crippen LogP contribution in [0, 0.1) is 0 Å². The zero-order chi connectivity index (χ0) is 26.0. The van der Waals surface area contributed by atoms with Crippen molar-refractivity contribution in [3.05, 3.63) is 54.3 Å². The number of fused-ring (bicyclic) bond motifs is 1. The van der Waals surface area contributed by atoms with Crippen molar-refractivity contribution in [2.75, 3.05) is 18.4 Å². The standard InChI is InChI=1S/C25H30ClN7O3S/c1-2-23(34)32-37(35,36)31-17-10-11-33(15-17)18-7-5-6-16(12-18)29-25-28-14-21(26)24(30-25)20-13-27-22-9-4-3-8-19(20)22/h2-4,8-9,13-14,16-18,27,31H,1,5-7,10-12,15H2,(H,32,34)(H,28,29,30)/t16-,17?,18+/m1/s1. The fourth-order valence-corrected chi connectivity index (χ4v) is 6.57. The number of aromatic nitrogens is 3. The van der Waals surface area contributed by atoms with E-state index in [1.54, 1.807) is 6.20 Å². The van der Waals surface area contributed by atoms with Crippen LogP contribution in [0.3, 0.4) is 0 Å². The number of benzene rings is 1. The Balaban J connectivity index is 1.22. The highest BCUT2D eigenvalue weighted by Gasteiger charge is 2.34. The molecule has 1 saturated carbocycles. The third-order valence-electron chi connectivity index (χ3n) is 7.05. The minimum atomic E-state index is -3.91. The van der Waals surface area contributed by atoms with E-state index in [4.69, 9.17) is 16.6 Å². The highest BCUT2D eigenvalue weighted by atomic mass is 35.5. The molecule has 1 unspecified atom stereocenters. The van der Waals surface area contributed by atoms with Crippen LogP contribution in [0.5, 0.6) is 0 Å². The van der Waals surface area contributed by atoms with E-state index in [1.807, 2.05) is 35.2 Å². The molecular formula is C25H30ClN7O3S. The number of H-pyrrole nitrogens is 1. The van der Waals surface area contributed by atoms with E-state index in [0.717, 1.165) is 54.8 Å². The molecule has 3 atom stereocenters. The predicted molar refractivity (Wildman–Crippen MR) is 144 cm³/mol. The molecule has 0 bridgehead atoms. The summed E-state index contributed by atoms with van der Waals surface area (Å²) in [7, 11) is -3.91. The van der Waals surface area contributed by atoms with Gasteiger partial charge >= 0.3 is 10.2 Å². The maximum absolute atomic E-state index is 12.2. The van der Waals surface area contributed by atoms with Crippen molar-refractivity contribution in [1.29, 1.82) is 0 Å². The van der Waals surface area contributed by atoms with Gasteiger partial charge in [-0.25, -0.2) is 14.7 Å². The fraction of sp³-hybridized carbons (Fsp3) is 0.400. The number of nitrogens with zero attached hydrogens (tertiary/aromatic N) is 3. The topological polar surface area (TPSA) is 132 Å². The number of anilines is 1. The van der Waals surface area contributed by atoms with Gasteiger partial charge in [0.15, 0.2) is 0 Å². The van der Waals surface area contributed by atoms with E-state index in [9.17, 15) is 13.2 Å². The van der Waals surface area contributed by atoms with Crippen LogP contribution in [0.4, 0.5) is 5.95 Å². The molecule has 12 heteroatoms. The maximum atomic E-state index is 12.2. The molecule has 5 rings (SSSR count). The Kier molecular flexibility index (Phi) is 7.47. The second kappa shape index (κ2) is 10.8. The Morgan fingerprint density at radius 1 is 1.22 bits per heavy atom. The number of hydrogen-bond acceptors (Lipinski definition) is 7. The lowest BCUT2D eigenvalue weighted by Crippen LogP contribution is -2.47. The van der Waals surface area contributed by atoms with Gasteiger partial charge in [0.1, 0.15) is 0 Å². The molecule has 1 saturated heterocycles. The second-order valence-electron chi connectivity index (χ2n) is 9.57. The average Bonchev–Trinajstić information content (AvgIpc) is 3.52.